The first kappa shape index (κ1) is 22.0. The summed E-state index contributed by atoms with van der Waals surface area (Å²) in [6, 6.07) is 0. The van der Waals surface area contributed by atoms with Crippen molar-refractivity contribution >= 4 is 0 Å². The van der Waals surface area contributed by atoms with Crippen LogP contribution in [-0.4, -0.2) is 0 Å². The summed E-state index contributed by atoms with van der Waals surface area (Å²) in [5.74, 6) is 5.81. The van der Waals surface area contributed by atoms with Gasteiger partial charge in [0.2, 0.25) is 0 Å². The number of hydrogen-bond acceptors (Lipinski definition) is 0. The fraction of sp³-hybridized carbons (Fsp3) is 0.931. The lowest BCUT2D eigenvalue weighted by Crippen LogP contribution is -2.50. The van der Waals surface area contributed by atoms with Gasteiger partial charge in [0.05, 0.1) is 0 Å². The molecule has 29 heavy (non-hydrogen) atoms. The molecule has 4 aliphatic carbocycles. The molecular formula is C29H50. The molecule has 0 heterocycles. The molecule has 3 saturated carbocycles. The fourth-order valence-corrected chi connectivity index (χ4v) is 8.97. The van der Waals surface area contributed by atoms with Crippen LogP contribution < -0.4 is 0 Å². The van der Waals surface area contributed by atoms with Crippen molar-refractivity contribution in [3.8, 4) is 0 Å². The van der Waals surface area contributed by atoms with Gasteiger partial charge in [-0.05, 0) is 110 Å². The van der Waals surface area contributed by atoms with E-state index >= 15 is 0 Å². The smallest absolute Gasteiger partial charge is 0.00851 e. The zero-order valence-corrected chi connectivity index (χ0v) is 20.8. The van der Waals surface area contributed by atoms with Crippen LogP contribution in [0.4, 0.5) is 0 Å². The predicted octanol–water partition coefficient (Wildman–Crippen LogP) is 9.05. The van der Waals surface area contributed by atoms with E-state index in [4.69, 9.17) is 0 Å². The summed E-state index contributed by atoms with van der Waals surface area (Å²) < 4.78 is 0. The molecule has 0 N–H and O–H groups in total. The molecule has 0 aliphatic heterocycles. The van der Waals surface area contributed by atoms with E-state index < -0.39 is 0 Å². The van der Waals surface area contributed by atoms with E-state index in [1.165, 1.54) is 70.6 Å². The standard InChI is InChI=1S/C29H50/c1-20-14-17-28(6)22(19-20)10-11-23-25-13-12-24(29(25,7)18-15-26(23)28)21(2)9-8-16-27(3,4)5/h10,20-21,23-26H,8-9,11-19H2,1-7H3/t20?,21?,23-,24?,25?,26?,28?,29?/m0/s1. The van der Waals surface area contributed by atoms with Gasteiger partial charge in [0.25, 0.3) is 0 Å². The summed E-state index contributed by atoms with van der Waals surface area (Å²) in [5.41, 5.74) is 3.55. The second kappa shape index (κ2) is 7.70. The monoisotopic (exact) mass is 398 g/mol. The molecule has 0 saturated heterocycles. The molecule has 3 fully saturated rings. The Balaban J connectivity index is 1.47. The zero-order chi connectivity index (χ0) is 21.0. The van der Waals surface area contributed by atoms with E-state index in [9.17, 15) is 0 Å². The average molecular weight is 399 g/mol. The molecule has 0 aromatic heterocycles. The summed E-state index contributed by atoms with van der Waals surface area (Å²) in [6.07, 6.45) is 18.9. The van der Waals surface area contributed by atoms with Crippen molar-refractivity contribution in [2.45, 2.75) is 119 Å². The molecule has 0 bridgehead atoms. The Hall–Kier alpha value is -0.260. The molecule has 0 radical (unpaired) electrons. The maximum Gasteiger partial charge on any atom is -0.00851 e. The van der Waals surface area contributed by atoms with Gasteiger partial charge >= 0.3 is 0 Å². The van der Waals surface area contributed by atoms with E-state index in [2.05, 4.69) is 54.5 Å². The van der Waals surface area contributed by atoms with Gasteiger partial charge in [0.1, 0.15) is 0 Å². The first-order valence-electron chi connectivity index (χ1n) is 13.2. The van der Waals surface area contributed by atoms with Crippen LogP contribution in [0.3, 0.4) is 0 Å². The highest BCUT2D eigenvalue weighted by Gasteiger charge is 2.58. The molecule has 0 amide bonds. The topological polar surface area (TPSA) is 0 Å². The molecule has 7 unspecified atom stereocenters. The minimum absolute atomic E-state index is 0.499. The quantitative estimate of drug-likeness (QED) is 0.414. The minimum atomic E-state index is 0.499. The number of allylic oxidation sites excluding steroid dienone is 2. The SMILES string of the molecule is CC1CCC2(C)C(=CC[C@@H]3C2CCC2(C)C(C(C)CCCC(C)(C)C)CCC32)C1. The van der Waals surface area contributed by atoms with Gasteiger partial charge in [-0.2, -0.15) is 0 Å². The third-order valence-electron chi connectivity index (χ3n) is 10.7. The molecule has 0 aromatic rings. The van der Waals surface area contributed by atoms with Crippen molar-refractivity contribution in [1.82, 2.24) is 0 Å². The molecule has 0 spiro atoms. The summed E-state index contributed by atoms with van der Waals surface area (Å²) in [7, 11) is 0. The van der Waals surface area contributed by atoms with Crippen molar-refractivity contribution in [1.29, 1.82) is 0 Å². The first-order chi connectivity index (χ1) is 13.5. The largest absolute Gasteiger partial charge is 0.0845 e. The third kappa shape index (κ3) is 3.89. The molecule has 0 aromatic carbocycles. The molecule has 4 aliphatic rings. The van der Waals surface area contributed by atoms with Crippen molar-refractivity contribution in [2.24, 2.45) is 51.8 Å². The van der Waals surface area contributed by atoms with Gasteiger partial charge in [0, 0.05) is 0 Å². The first-order valence-corrected chi connectivity index (χ1v) is 13.2. The van der Waals surface area contributed by atoms with Gasteiger partial charge in [-0.1, -0.05) is 73.0 Å². The van der Waals surface area contributed by atoms with Crippen LogP contribution in [0, 0.1) is 51.8 Å². The molecule has 0 heteroatoms. The lowest BCUT2D eigenvalue weighted by Gasteiger charge is -2.58. The summed E-state index contributed by atoms with van der Waals surface area (Å²) in [6.45, 7) is 17.7. The highest BCUT2D eigenvalue weighted by molar-refractivity contribution is 5.25. The van der Waals surface area contributed by atoms with Crippen LogP contribution in [-0.2, 0) is 0 Å². The van der Waals surface area contributed by atoms with E-state index in [1.54, 1.807) is 0 Å². The normalized spacial score (nSPS) is 45.8. The second-order valence-electron chi connectivity index (χ2n) is 13.8. The summed E-state index contributed by atoms with van der Waals surface area (Å²) >= 11 is 0. The van der Waals surface area contributed by atoms with Crippen LogP contribution in [0.1, 0.15) is 119 Å². The number of hydrogen-bond donors (Lipinski definition) is 0. The Bertz CT molecular complexity index is 620. The second-order valence-corrected chi connectivity index (χ2v) is 13.8. The maximum absolute atomic E-state index is 2.75. The van der Waals surface area contributed by atoms with Crippen molar-refractivity contribution in [3.05, 3.63) is 11.6 Å². The molecule has 166 valence electrons. The molecule has 0 nitrogen and oxygen atoms in total. The van der Waals surface area contributed by atoms with Crippen molar-refractivity contribution in [3.63, 3.8) is 0 Å². The van der Waals surface area contributed by atoms with Gasteiger partial charge < -0.3 is 0 Å². The van der Waals surface area contributed by atoms with Gasteiger partial charge in [-0.15, -0.1) is 0 Å². The highest BCUT2D eigenvalue weighted by Crippen LogP contribution is 2.67. The number of fused-ring (bicyclic) bond motifs is 5. The van der Waals surface area contributed by atoms with E-state index in [-0.39, 0.29) is 0 Å². The van der Waals surface area contributed by atoms with Gasteiger partial charge in [-0.25, -0.2) is 0 Å². The summed E-state index contributed by atoms with van der Waals surface area (Å²) in [4.78, 5) is 0. The predicted molar refractivity (Wildman–Crippen MR) is 127 cm³/mol. The lowest BCUT2D eigenvalue weighted by molar-refractivity contribution is -0.0523. The van der Waals surface area contributed by atoms with Gasteiger partial charge in [-0.3, -0.25) is 0 Å². The fourth-order valence-electron chi connectivity index (χ4n) is 8.97. The molecule has 4 rings (SSSR count). The molecule has 8 atom stereocenters. The highest BCUT2D eigenvalue weighted by atomic mass is 14.6. The molecular weight excluding hydrogens is 348 g/mol. The van der Waals surface area contributed by atoms with Crippen LogP contribution >= 0.6 is 0 Å². The third-order valence-corrected chi connectivity index (χ3v) is 10.7. The minimum Gasteiger partial charge on any atom is -0.0845 e. The lowest BCUT2D eigenvalue weighted by atomic mass is 9.46. The number of rotatable bonds is 4. The Labute approximate surface area is 182 Å². The Morgan fingerprint density at radius 3 is 2.52 bits per heavy atom. The van der Waals surface area contributed by atoms with Crippen molar-refractivity contribution < 1.29 is 0 Å². The van der Waals surface area contributed by atoms with E-state index in [1.807, 2.05) is 5.57 Å². The Morgan fingerprint density at radius 1 is 1.03 bits per heavy atom. The van der Waals surface area contributed by atoms with Crippen LogP contribution in [0.2, 0.25) is 0 Å². The van der Waals surface area contributed by atoms with E-state index in [0.29, 0.717) is 16.2 Å². The van der Waals surface area contributed by atoms with E-state index in [0.717, 1.165) is 35.5 Å². The summed E-state index contributed by atoms with van der Waals surface area (Å²) in [5, 5.41) is 0. The van der Waals surface area contributed by atoms with Crippen molar-refractivity contribution in [2.75, 3.05) is 0 Å². The average Bonchev–Trinajstić information content (AvgIpc) is 2.98. The van der Waals surface area contributed by atoms with Crippen LogP contribution in [0.15, 0.2) is 11.6 Å². The maximum atomic E-state index is 2.75. The van der Waals surface area contributed by atoms with Gasteiger partial charge in [0.15, 0.2) is 0 Å². The van der Waals surface area contributed by atoms with Crippen LogP contribution in [0.25, 0.3) is 0 Å². The Morgan fingerprint density at radius 2 is 1.79 bits per heavy atom. The zero-order valence-electron chi connectivity index (χ0n) is 20.8. The Kier molecular flexibility index (Phi) is 5.83. The van der Waals surface area contributed by atoms with Crippen LogP contribution in [0.5, 0.6) is 0 Å².